The third-order valence-electron chi connectivity index (χ3n) is 2.28. The highest BCUT2D eigenvalue weighted by Gasteiger charge is 2.19. The van der Waals surface area contributed by atoms with Crippen molar-refractivity contribution >= 4 is 0 Å². The van der Waals surface area contributed by atoms with E-state index in [1.54, 1.807) is 0 Å². The molecule has 0 radical (unpaired) electrons. The molecule has 1 fully saturated rings. The molecule has 3 nitrogen and oxygen atoms in total. The minimum atomic E-state index is 0.209. The van der Waals surface area contributed by atoms with Gasteiger partial charge in [0.25, 0.3) is 0 Å². The van der Waals surface area contributed by atoms with Crippen molar-refractivity contribution in [2.24, 2.45) is 0 Å². The fourth-order valence-corrected chi connectivity index (χ4v) is 1.60. The molecule has 0 aromatic rings. The molecule has 0 spiro atoms. The van der Waals surface area contributed by atoms with Gasteiger partial charge in [-0.15, -0.1) is 0 Å². The van der Waals surface area contributed by atoms with E-state index in [-0.39, 0.29) is 12.6 Å². The zero-order chi connectivity index (χ0) is 8.97. The maximum atomic E-state index is 8.84. The van der Waals surface area contributed by atoms with Gasteiger partial charge in [0, 0.05) is 18.7 Å². The summed E-state index contributed by atoms with van der Waals surface area (Å²) in [5, 5.41) is 12.2. The van der Waals surface area contributed by atoms with E-state index in [2.05, 4.69) is 12.2 Å². The van der Waals surface area contributed by atoms with Gasteiger partial charge in [0.1, 0.15) is 0 Å². The third kappa shape index (κ3) is 3.09. The van der Waals surface area contributed by atoms with Crippen LogP contribution in [0.1, 0.15) is 26.7 Å². The van der Waals surface area contributed by atoms with E-state index in [0.29, 0.717) is 12.1 Å². The Morgan fingerprint density at radius 2 is 2.42 bits per heavy atom. The van der Waals surface area contributed by atoms with Crippen LogP contribution < -0.4 is 5.32 Å². The van der Waals surface area contributed by atoms with Crippen molar-refractivity contribution in [2.75, 3.05) is 13.2 Å². The maximum absolute atomic E-state index is 8.84. The van der Waals surface area contributed by atoms with E-state index >= 15 is 0 Å². The molecule has 0 aromatic carbocycles. The normalized spacial score (nSPS) is 33.2. The lowest BCUT2D eigenvalue weighted by molar-refractivity contribution is 0.0103. The summed E-state index contributed by atoms with van der Waals surface area (Å²) in [5.74, 6) is 0. The minimum Gasteiger partial charge on any atom is -0.395 e. The first-order valence-electron chi connectivity index (χ1n) is 4.71. The van der Waals surface area contributed by atoms with Gasteiger partial charge in [-0.05, 0) is 26.7 Å². The lowest BCUT2D eigenvalue weighted by Crippen LogP contribution is -2.43. The summed E-state index contributed by atoms with van der Waals surface area (Å²) in [6, 6.07) is 0.733. The summed E-state index contributed by atoms with van der Waals surface area (Å²) in [6.07, 6.45) is 2.49. The molecule has 0 saturated carbocycles. The van der Waals surface area contributed by atoms with Crippen molar-refractivity contribution in [2.45, 2.75) is 44.9 Å². The highest BCUT2D eigenvalue weighted by molar-refractivity contribution is 4.76. The lowest BCUT2D eigenvalue weighted by atomic mass is 10.0. The van der Waals surface area contributed by atoms with Crippen LogP contribution in [0, 0.1) is 0 Å². The molecule has 3 atom stereocenters. The van der Waals surface area contributed by atoms with Crippen LogP contribution in [-0.2, 0) is 4.74 Å². The van der Waals surface area contributed by atoms with Gasteiger partial charge in [0.15, 0.2) is 0 Å². The standard InChI is InChI=1S/C9H19NO2/c1-7(6-11)10-9-3-4-12-8(2)5-9/h7-11H,3-6H2,1-2H3. The maximum Gasteiger partial charge on any atom is 0.0582 e. The Hall–Kier alpha value is -0.120. The van der Waals surface area contributed by atoms with E-state index in [0.717, 1.165) is 19.4 Å². The average molecular weight is 173 g/mol. The SMILES string of the molecule is CC(CO)NC1CCOC(C)C1. The van der Waals surface area contributed by atoms with Crippen molar-refractivity contribution in [3.05, 3.63) is 0 Å². The van der Waals surface area contributed by atoms with Gasteiger partial charge in [-0.1, -0.05) is 0 Å². The molecule has 1 heterocycles. The first-order chi connectivity index (χ1) is 5.72. The summed E-state index contributed by atoms with van der Waals surface area (Å²) in [7, 11) is 0. The van der Waals surface area contributed by atoms with Crippen molar-refractivity contribution in [3.63, 3.8) is 0 Å². The van der Waals surface area contributed by atoms with Crippen molar-refractivity contribution in [3.8, 4) is 0 Å². The van der Waals surface area contributed by atoms with Gasteiger partial charge >= 0.3 is 0 Å². The third-order valence-corrected chi connectivity index (χ3v) is 2.28. The van der Waals surface area contributed by atoms with E-state index in [1.165, 1.54) is 0 Å². The molecule has 12 heavy (non-hydrogen) atoms. The molecule has 1 rings (SSSR count). The van der Waals surface area contributed by atoms with E-state index in [9.17, 15) is 0 Å². The quantitative estimate of drug-likeness (QED) is 0.654. The van der Waals surface area contributed by atoms with Gasteiger partial charge in [-0.25, -0.2) is 0 Å². The fraction of sp³-hybridized carbons (Fsp3) is 1.00. The first-order valence-corrected chi connectivity index (χ1v) is 4.71. The molecule has 0 aromatic heterocycles. The molecular formula is C9H19NO2. The average Bonchev–Trinajstić information content (AvgIpc) is 2.04. The Bertz CT molecular complexity index is 130. The van der Waals surface area contributed by atoms with Gasteiger partial charge in [0.2, 0.25) is 0 Å². The highest BCUT2D eigenvalue weighted by Crippen LogP contribution is 2.13. The summed E-state index contributed by atoms with van der Waals surface area (Å²) >= 11 is 0. The van der Waals surface area contributed by atoms with Crippen LogP contribution in [0.4, 0.5) is 0 Å². The van der Waals surface area contributed by atoms with Gasteiger partial charge < -0.3 is 15.2 Å². The molecule has 0 amide bonds. The van der Waals surface area contributed by atoms with Crippen LogP contribution in [0.25, 0.3) is 0 Å². The van der Waals surface area contributed by atoms with E-state index in [1.807, 2.05) is 6.92 Å². The first kappa shape index (κ1) is 9.96. The second-order valence-electron chi connectivity index (χ2n) is 3.65. The number of aliphatic hydroxyl groups is 1. The van der Waals surface area contributed by atoms with Crippen LogP contribution in [0.5, 0.6) is 0 Å². The lowest BCUT2D eigenvalue weighted by Gasteiger charge is -2.29. The zero-order valence-corrected chi connectivity index (χ0v) is 7.92. The second kappa shape index (κ2) is 4.80. The Balaban J connectivity index is 2.22. The molecule has 0 aliphatic carbocycles. The number of nitrogens with one attached hydrogen (secondary N) is 1. The Kier molecular flexibility index (Phi) is 3.98. The van der Waals surface area contributed by atoms with Gasteiger partial charge in [-0.3, -0.25) is 0 Å². The Morgan fingerprint density at radius 1 is 1.67 bits per heavy atom. The van der Waals surface area contributed by atoms with Crippen LogP contribution in [0.2, 0.25) is 0 Å². The molecule has 2 N–H and O–H groups in total. The zero-order valence-electron chi connectivity index (χ0n) is 7.92. The molecule has 72 valence electrons. The summed E-state index contributed by atoms with van der Waals surface area (Å²) in [4.78, 5) is 0. The van der Waals surface area contributed by atoms with Crippen LogP contribution in [0.3, 0.4) is 0 Å². The van der Waals surface area contributed by atoms with Gasteiger partial charge in [0.05, 0.1) is 12.7 Å². The molecule has 1 aliphatic heterocycles. The molecule has 0 bridgehead atoms. The number of hydrogen-bond acceptors (Lipinski definition) is 3. The number of rotatable bonds is 3. The Morgan fingerprint density at radius 3 is 3.00 bits per heavy atom. The minimum absolute atomic E-state index is 0.209. The smallest absolute Gasteiger partial charge is 0.0582 e. The topological polar surface area (TPSA) is 41.5 Å². The van der Waals surface area contributed by atoms with E-state index in [4.69, 9.17) is 9.84 Å². The highest BCUT2D eigenvalue weighted by atomic mass is 16.5. The number of aliphatic hydroxyl groups excluding tert-OH is 1. The fourth-order valence-electron chi connectivity index (χ4n) is 1.60. The van der Waals surface area contributed by atoms with Crippen LogP contribution in [-0.4, -0.2) is 36.5 Å². The predicted molar refractivity (Wildman–Crippen MR) is 48.1 cm³/mol. The van der Waals surface area contributed by atoms with Crippen LogP contribution >= 0.6 is 0 Å². The van der Waals surface area contributed by atoms with Crippen molar-refractivity contribution in [1.82, 2.24) is 5.32 Å². The largest absolute Gasteiger partial charge is 0.395 e. The van der Waals surface area contributed by atoms with Crippen LogP contribution in [0.15, 0.2) is 0 Å². The van der Waals surface area contributed by atoms with E-state index < -0.39 is 0 Å². The molecule has 1 aliphatic rings. The molecule has 3 unspecified atom stereocenters. The molecule has 1 saturated heterocycles. The summed E-state index contributed by atoms with van der Waals surface area (Å²) < 4.78 is 5.42. The Labute approximate surface area is 74.1 Å². The van der Waals surface area contributed by atoms with Crippen molar-refractivity contribution in [1.29, 1.82) is 0 Å². The predicted octanol–water partition coefficient (Wildman–Crippen LogP) is 0.524. The number of hydrogen-bond donors (Lipinski definition) is 2. The second-order valence-corrected chi connectivity index (χ2v) is 3.65. The van der Waals surface area contributed by atoms with Gasteiger partial charge in [-0.2, -0.15) is 0 Å². The summed E-state index contributed by atoms with van der Waals surface area (Å²) in [6.45, 7) is 5.15. The molecule has 3 heteroatoms. The molecular weight excluding hydrogens is 154 g/mol. The number of ether oxygens (including phenoxy) is 1. The monoisotopic (exact) mass is 173 g/mol. The summed E-state index contributed by atoms with van der Waals surface area (Å²) in [5.41, 5.74) is 0. The van der Waals surface area contributed by atoms with Crippen molar-refractivity contribution < 1.29 is 9.84 Å².